The number of aromatic nitrogens is 1. The van der Waals surface area contributed by atoms with E-state index < -0.39 is 0 Å². The van der Waals surface area contributed by atoms with E-state index in [0.717, 1.165) is 6.42 Å². The first-order valence-corrected chi connectivity index (χ1v) is 6.53. The monoisotopic (exact) mass is 240 g/mol. The molecule has 0 aliphatic heterocycles. The van der Waals surface area contributed by atoms with Gasteiger partial charge in [0, 0.05) is 16.7 Å². The van der Waals surface area contributed by atoms with Gasteiger partial charge < -0.3 is 0 Å². The molecule has 0 bridgehead atoms. The number of rotatable bonds is 0. The van der Waals surface area contributed by atoms with Crippen molar-refractivity contribution < 1.29 is 4.24 Å². The van der Waals surface area contributed by atoms with Gasteiger partial charge in [0.1, 0.15) is 11.2 Å². The highest BCUT2D eigenvalue weighted by Crippen LogP contribution is 2.14. The Morgan fingerprint density at radius 3 is 3.00 bits per heavy atom. The highest BCUT2D eigenvalue weighted by molar-refractivity contribution is 7.08. The molecule has 0 aromatic carbocycles. The van der Waals surface area contributed by atoms with E-state index in [1.54, 1.807) is 0 Å². The number of hydrogen-bond acceptors (Lipinski definition) is 1. The number of hydrogen-bond donors (Lipinski definition) is 0. The van der Waals surface area contributed by atoms with Crippen LogP contribution < -0.4 is 8.78 Å². The third-order valence-electron chi connectivity index (χ3n) is 3.18. The van der Waals surface area contributed by atoms with Crippen LogP contribution in [0.1, 0.15) is 11.1 Å². The third kappa shape index (κ3) is 1.65. The number of pyridine rings is 1. The van der Waals surface area contributed by atoms with Crippen LogP contribution in [0, 0.1) is 23.5 Å². The first kappa shape index (κ1) is 10.5. The highest BCUT2D eigenvalue weighted by atomic mass is 32.1. The van der Waals surface area contributed by atoms with Crippen LogP contribution in [0.5, 0.6) is 0 Å². The van der Waals surface area contributed by atoms with Crippen LogP contribution in [0.25, 0.3) is 6.08 Å². The van der Waals surface area contributed by atoms with Crippen LogP contribution in [-0.4, -0.2) is 0 Å². The molecule has 3 rings (SSSR count). The zero-order valence-corrected chi connectivity index (χ0v) is 10.6. The van der Waals surface area contributed by atoms with Crippen molar-refractivity contribution in [3.8, 4) is 0 Å². The molecule has 2 heterocycles. The second kappa shape index (κ2) is 3.97. The molecule has 1 aliphatic rings. The van der Waals surface area contributed by atoms with Crippen LogP contribution >= 0.6 is 11.3 Å². The molecule has 0 saturated carbocycles. The summed E-state index contributed by atoms with van der Waals surface area (Å²) in [6.07, 6.45) is 9.62. The zero-order valence-electron chi connectivity index (χ0n) is 9.81. The van der Waals surface area contributed by atoms with Crippen molar-refractivity contribution in [1.29, 1.82) is 0 Å². The van der Waals surface area contributed by atoms with Crippen LogP contribution in [0.4, 0.5) is 0 Å². The summed E-state index contributed by atoms with van der Waals surface area (Å²) in [5.74, 6) is 0. The average Bonchev–Trinajstić information content (AvgIpc) is 2.68. The summed E-state index contributed by atoms with van der Waals surface area (Å²) < 4.78 is 4.67. The van der Waals surface area contributed by atoms with E-state index in [1.165, 1.54) is 25.5 Å². The summed E-state index contributed by atoms with van der Waals surface area (Å²) in [4.78, 5) is 0. The molecular weight excluding hydrogens is 226 g/mol. The molecular formula is C15H14NS+. The Kier molecular flexibility index (Phi) is 2.45. The molecule has 17 heavy (non-hydrogen) atoms. The van der Waals surface area contributed by atoms with Gasteiger partial charge in [0.25, 0.3) is 0 Å². The Hall–Kier alpha value is -1.67. The molecule has 84 valence electrons. The van der Waals surface area contributed by atoms with Gasteiger partial charge in [0.15, 0.2) is 6.20 Å². The first-order chi connectivity index (χ1) is 8.27. The lowest BCUT2D eigenvalue weighted by atomic mass is 10.1. The van der Waals surface area contributed by atoms with Crippen LogP contribution in [0.15, 0.2) is 36.5 Å². The molecule has 1 nitrogen and oxygen atoms in total. The van der Waals surface area contributed by atoms with Crippen LogP contribution in [0.3, 0.4) is 0 Å². The van der Waals surface area contributed by atoms with Crippen LogP contribution in [0.2, 0.25) is 0 Å². The van der Waals surface area contributed by atoms with Gasteiger partial charge in [-0.05, 0) is 36.6 Å². The van der Waals surface area contributed by atoms with Gasteiger partial charge in [-0.2, -0.15) is 4.24 Å². The zero-order chi connectivity index (χ0) is 11.8. The molecule has 2 aromatic rings. The maximum absolute atomic E-state index is 4.04. The fourth-order valence-electron chi connectivity index (χ4n) is 2.23. The van der Waals surface area contributed by atoms with Crippen molar-refractivity contribution in [2.45, 2.75) is 13.3 Å². The van der Waals surface area contributed by atoms with E-state index in [1.807, 2.05) is 27.8 Å². The molecule has 0 saturated heterocycles. The second-order valence-electron chi connectivity index (χ2n) is 4.25. The van der Waals surface area contributed by atoms with Crippen molar-refractivity contribution in [1.82, 2.24) is 0 Å². The first-order valence-electron chi connectivity index (χ1n) is 5.71. The van der Waals surface area contributed by atoms with E-state index in [4.69, 9.17) is 0 Å². The summed E-state index contributed by atoms with van der Waals surface area (Å²) >= 11 is 1.86. The topological polar surface area (TPSA) is 5.90 Å². The van der Waals surface area contributed by atoms with Crippen LogP contribution in [-0.2, 0) is 6.42 Å². The maximum Gasteiger partial charge on any atom is 0.227 e. The average molecular weight is 240 g/mol. The Balaban J connectivity index is 2.55. The van der Waals surface area contributed by atoms with Gasteiger partial charge in [-0.25, -0.2) is 0 Å². The Morgan fingerprint density at radius 1 is 1.35 bits per heavy atom. The lowest BCUT2D eigenvalue weighted by Crippen LogP contribution is -2.14. The van der Waals surface area contributed by atoms with Gasteiger partial charge >= 0.3 is 0 Å². The third-order valence-corrected chi connectivity index (χ3v) is 4.50. The lowest BCUT2D eigenvalue weighted by Gasteiger charge is -1.97. The largest absolute Gasteiger partial charge is 0.227 e. The van der Waals surface area contributed by atoms with E-state index in [0.29, 0.717) is 0 Å². The minimum atomic E-state index is 1.05. The highest BCUT2D eigenvalue weighted by Gasteiger charge is 2.09. The molecule has 0 fully saturated rings. The molecule has 0 radical (unpaired) electrons. The fourth-order valence-corrected chi connectivity index (χ4v) is 3.52. The normalized spacial score (nSPS) is 15.4. The number of allylic oxidation sites excluding steroid dienone is 2. The van der Waals surface area contributed by atoms with Crippen molar-refractivity contribution in [3.05, 3.63) is 68.8 Å². The van der Waals surface area contributed by atoms with E-state index in [9.17, 15) is 0 Å². The lowest BCUT2D eigenvalue weighted by molar-refractivity contribution is -0.509. The SMILES string of the molecule is C=[n+]1cccc/c1=c1\sc2c(c1C)CC=CC=2. The minimum Gasteiger partial charge on any atom is -0.173 e. The predicted molar refractivity (Wildman–Crippen MR) is 71.1 cm³/mol. The quantitative estimate of drug-likeness (QED) is 0.622. The molecule has 1 aliphatic carbocycles. The minimum absolute atomic E-state index is 1.05. The maximum atomic E-state index is 4.04. The summed E-state index contributed by atoms with van der Waals surface area (Å²) in [7, 11) is 0. The summed E-state index contributed by atoms with van der Waals surface area (Å²) in [6.45, 7) is 6.25. The molecule has 0 spiro atoms. The fraction of sp³-hybridized carbons (Fsp3) is 0.133. The van der Waals surface area contributed by atoms with E-state index in [-0.39, 0.29) is 0 Å². The Labute approximate surface area is 104 Å². The Morgan fingerprint density at radius 2 is 2.24 bits per heavy atom. The van der Waals surface area contributed by atoms with Crippen molar-refractivity contribution in [2.24, 2.45) is 0 Å². The van der Waals surface area contributed by atoms with Crippen molar-refractivity contribution in [3.63, 3.8) is 0 Å². The number of thiophene rings is 1. The van der Waals surface area contributed by atoms with Gasteiger partial charge in [0.05, 0.1) is 0 Å². The smallest absolute Gasteiger partial charge is 0.173 e. The van der Waals surface area contributed by atoms with Gasteiger partial charge in [0.2, 0.25) is 5.35 Å². The van der Waals surface area contributed by atoms with Crippen molar-refractivity contribution in [2.75, 3.05) is 0 Å². The predicted octanol–water partition coefficient (Wildman–Crippen LogP) is 2.16. The molecule has 0 N–H and O–H groups in total. The van der Waals surface area contributed by atoms with Gasteiger partial charge in [-0.3, -0.25) is 0 Å². The molecule has 0 amide bonds. The van der Waals surface area contributed by atoms with Gasteiger partial charge in [-0.1, -0.05) is 12.2 Å². The summed E-state index contributed by atoms with van der Waals surface area (Å²) in [6, 6.07) is 6.20. The number of fused-ring (bicyclic) bond motifs is 1. The van der Waals surface area contributed by atoms with E-state index in [2.05, 4.69) is 44.0 Å². The molecule has 2 aromatic heterocycles. The summed E-state index contributed by atoms with van der Waals surface area (Å²) in [5, 5.41) is 1.19. The van der Waals surface area contributed by atoms with Crippen molar-refractivity contribution >= 4 is 17.4 Å². The molecule has 0 unspecified atom stereocenters. The molecule has 2 heteroatoms. The summed E-state index contributed by atoms with van der Waals surface area (Å²) in [5.41, 5.74) is 2.87. The Bertz CT molecular complexity index is 796. The van der Waals surface area contributed by atoms with Gasteiger partial charge in [-0.15, -0.1) is 11.3 Å². The van der Waals surface area contributed by atoms with E-state index >= 15 is 0 Å². The second-order valence-corrected chi connectivity index (χ2v) is 5.31. The molecule has 0 atom stereocenters. The standard InChI is InChI=1S/C15H14NS/c1-11-12-7-3-4-9-14(12)17-15(11)13-8-5-6-10-16(13)2/h3-6,8-10H,2,7H2,1H3/q+1/b15-13+. The number of nitrogens with zero attached hydrogens (tertiary/aromatic N) is 1.